The molecule has 10 heteroatoms. The maximum Gasteiger partial charge on any atom is 0.334 e. The van der Waals surface area contributed by atoms with E-state index in [1.54, 1.807) is 46.8 Å². The van der Waals surface area contributed by atoms with Crippen molar-refractivity contribution in [2.45, 2.75) is 86.5 Å². The Bertz CT molecular complexity index is 960. The summed E-state index contributed by atoms with van der Waals surface area (Å²) in [6.07, 6.45) is 0. The summed E-state index contributed by atoms with van der Waals surface area (Å²) in [4.78, 5) is 51.2. The Balaban J connectivity index is 3.16. The molecule has 0 aliphatic rings. The number of hydrogen-bond donors (Lipinski definition) is 4. The summed E-state index contributed by atoms with van der Waals surface area (Å²) in [7, 11) is 0. The van der Waals surface area contributed by atoms with Crippen LogP contribution in [0.5, 0.6) is 11.5 Å². The van der Waals surface area contributed by atoms with Crippen molar-refractivity contribution in [3.05, 3.63) is 23.8 Å². The molecule has 0 saturated heterocycles. The van der Waals surface area contributed by atoms with Crippen molar-refractivity contribution in [2.75, 3.05) is 0 Å². The van der Waals surface area contributed by atoms with Crippen LogP contribution in [0.2, 0.25) is 0 Å². The van der Waals surface area contributed by atoms with E-state index in [4.69, 9.17) is 20.9 Å². The van der Waals surface area contributed by atoms with E-state index in [0.29, 0.717) is 5.56 Å². The highest BCUT2D eigenvalue weighted by molar-refractivity contribution is 5.90. The van der Waals surface area contributed by atoms with E-state index < -0.39 is 47.9 Å². The summed E-state index contributed by atoms with van der Waals surface area (Å²) >= 11 is 0. The highest BCUT2D eigenvalue weighted by Crippen LogP contribution is 2.32. The van der Waals surface area contributed by atoms with E-state index in [9.17, 15) is 19.2 Å². The van der Waals surface area contributed by atoms with Gasteiger partial charge in [0.1, 0.15) is 12.1 Å². The predicted octanol–water partition coefficient (Wildman–Crippen LogP) is 2.05. The third kappa shape index (κ3) is 9.12. The van der Waals surface area contributed by atoms with Gasteiger partial charge in [-0.1, -0.05) is 67.5 Å². The topological polar surface area (TPSA) is 163 Å². The number of aryl methyl sites for hydroxylation is 1. The molecule has 1 aromatic carbocycles. The number of amides is 2. The molecule has 10 nitrogen and oxygen atoms in total. The quantitative estimate of drug-likeness (QED) is 0.240. The third-order valence-electron chi connectivity index (χ3n) is 6.07. The molecule has 4 atom stereocenters. The summed E-state index contributed by atoms with van der Waals surface area (Å²) < 4.78 is 11.3. The van der Waals surface area contributed by atoms with Gasteiger partial charge in [0.25, 0.3) is 0 Å². The second-order valence-corrected chi connectivity index (χ2v) is 10.7. The molecular formula is C27H44N4O6. The number of rotatable bonds is 12. The van der Waals surface area contributed by atoms with Crippen LogP contribution in [0.3, 0.4) is 0 Å². The number of carbonyl (C=O) groups is 4. The van der Waals surface area contributed by atoms with Crippen LogP contribution >= 0.6 is 0 Å². The smallest absolute Gasteiger partial charge is 0.334 e. The largest absolute Gasteiger partial charge is 0.421 e. The number of esters is 2. The van der Waals surface area contributed by atoms with Crippen LogP contribution in [-0.2, 0) is 19.2 Å². The fraction of sp³-hybridized carbons (Fsp3) is 0.630. The van der Waals surface area contributed by atoms with Crippen LogP contribution in [0.25, 0.3) is 0 Å². The van der Waals surface area contributed by atoms with E-state index in [1.807, 2.05) is 27.7 Å². The van der Waals surface area contributed by atoms with Gasteiger partial charge in [-0.05, 0) is 42.2 Å². The molecule has 0 bridgehead atoms. The van der Waals surface area contributed by atoms with Gasteiger partial charge in [0.15, 0.2) is 11.5 Å². The Hall–Kier alpha value is -2.98. The lowest BCUT2D eigenvalue weighted by Crippen LogP contribution is -2.53. The van der Waals surface area contributed by atoms with Gasteiger partial charge in [0.2, 0.25) is 11.8 Å². The summed E-state index contributed by atoms with van der Waals surface area (Å²) in [5, 5.41) is 5.33. The van der Waals surface area contributed by atoms with Gasteiger partial charge < -0.3 is 31.6 Å². The minimum absolute atomic E-state index is 0.0131. The number of hydrogen-bond acceptors (Lipinski definition) is 8. The maximum absolute atomic E-state index is 13.1. The van der Waals surface area contributed by atoms with Crippen LogP contribution in [0.15, 0.2) is 18.2 Å². The molecule has 1 aromatic rings. The molecule has 6 N–H and O–H groups in total. The summed E-state index contributed by atoms with van der Waals surface area (Å²) in [6, 6.07) is 1.33. The van der Waals surface area contributed by atoms with Gasteiger partial charge in [-0.25, -0.2) is 9.59 Å². The molecule has 1 rings (SSSR count). The Kier molecular flexibility index (Phi) is 12.2. The maximum atomic E-state index is 13.1. The lowest BCUT2D eigenvalue weighted by atomic mass is 10.0. The Morgan fingerprint density at radius 3 is 1.46 bits per heavy atom. The Morgan fingerprint density at radius 2 is 1.08 bits per heavy atom. The highest BCUT2D eigenvalue weighted by Gasteiger charge is 2.32. The van der Waals surface area contributed by atoms with Gasteiger partial charge in [-0.3, -0.25) is 9.59 Å². The van der Waals surface area contributed by atoms with E-state index in [-0.39, 0.29) is 35.2 Å². The standard InChI is InChI=1S/C27H44N4O6/c1-13(2)19(28)24(32)30-21(15(5)6)26(34)36-18-12-10-11-17(9)23(18)37-27(35)22(16(7)8)31-25(33)20(29)14(3)4/h10-16,19-22H,28-29H2,1-9H3,(H,30,32)(H,31,33)/t19-,20-,21-,22-/m0/s1. The first-order valence-electron chi connectivity index (χ1n) is 12.7. The Labute approximate surface area is 220 Å². The molecular weight excluding hydrogens is 476 g/mol. The van der Waals surface area contributed by atoms with Crippen LogP contribution in [-0.4, -0.2) is 47.9 Å². The summed E-state index contributed by atoms with van der Waals surface area (Å²) in [5.41, 5.74) is 12.4. The lowest BCUT2D eigenvalue weighted by Gasteiger charge is -2.25. The van der Waals surface area contributed by atoms with Gasteiger partial charge in [-0.15, -0.1) is 0 Å². The number of nitrogens with two attached hydrogens (primary N) is 2. The number of ether oxygens (including phenoxy) is 2. The lowest BCUT2D eigenvalue weighted by molar-refractivity contribution is -0.143. The number of para-hydroxylation sites is 1. The average Bonchev–Trinajstić information content (AvgIpc) is 2.80. The summed E-state index contributed by atoms with van der Waals surface area (Å²) in [6.45, 7) is 16.0. The number of nitrogens with one attached hydrogen (secondary N) is 2. The van der Waals surface area contributed by atoms with E-state index in [1.165, 1.54) is 6.07 Å². The molecule has 0 fully saturated rings. The monoisotopic (exact) mass is 520 g/mol. The average molecular weight is 521 g/mol. The molecule has 0 heterocycles. The van der Waals surface area contributed by atoms with E-state index >= 15 is 0 Å². The van der Waals surface area contributed by atoms with E-state index in [2.05, 4.69) is 10.6 Å². The van der Waals surface area contributed by atoms with Crippen molar-refractivity contribution < 1.29 is 28.7 Å². The van der Waals surface area contributed by atoms with Crippen molar-refractivity contribution in [2.24, 2.45) is 35.1 Å². The zero-order valence-electron chi connectivity index (χ0n) is 23.5. The first-order valence-corrected chi connectivity index (χ1v) is 12.7. The molecule has 0 saturated carbocycles. The molecule has 0 radical (unpaired) electrons. The molecule has 37 heavy (non-hydrogen) atoms. The molecule has 0 aliphatic carbocycles. The van der Waals surface area contributed by atoms with Crippen molar-refractivity contribution in [3.63, 3.8) is 0 Å². The zero-order chi connectivity index (χ0) is 28.6. The van der Waals surface area contributed by atoms with Crippen molar-refractivity contribution >= 4 is 23.8 Å². The van der Waals surface area contributed by atoms with Gasteiger partial charge in [0.05, 0.1) is 12.1 Å². The minimum Gasteiger partial charge on any atom is -0.421 e. The number of benzene rings is 1. The fourth-order valence-electron chi connectivity index (χ4n) is 3.27. The van der Waals surface area contributed by atoms with Crippen LogP contribution < -0.4 is 31.6 Å². The number of carbonyl (C=O) groups excluding carboxylic acids is 4. The second kappa shape index (κ2) is 14.1. The van der Waals surface area contributed by atoms with Crippen LogP contribution in [0.4, 0.5) is 0 Å². The van der Waals surface area contributed by atoms with E-state index in [0.717, 1.165) is 0 Å². The van der Waals surface area contributed by atoms with Gasteiger partial charge >= 0.3 is 11.9 Å². The molecule has 0 aromatic heterocycles. The molecule has 2 amide bonds. The summed E-state index contributed by atoms with van der Waals surface area (Å²) in [5.74, 6) is -3.13. The molecule has 0 aliphatic heterocycles. The second-order valence-electron chi connectivity index (χ2n) is 10.7. The molecule has 208 valence electrons. The van der Waals surface area contributed by atoms with Gasteiger partial charge in [0, 0.05) is 0 Å². The SMILES string of the molecule is Cc1cccc(OC(=O)[C@@H](NC(=O)[C@@H](N)C(C)C)C(C)C)c1OC(=O)[C@@H](NC(=O)[C@@H](N)C(C)C)C(C)C. The van der Waals surface area contributed by atoms with Crippen molar-refractivity contribution in [3.8, 4) is 11.5 Å². The first kappa shape index (κ1) is 32.0. The van der Waals surface area contributed by atoms with Crippen molar-refractivity contribution in [1.82, 2.24) is 10.6 Å². The molecule has 0 spiro atoms. The third-order valence-corrected chi connectivity index (χ3v) is 6.07. The van der Waals surface area contributed by atoms with Gasteiger partial charge in [-0.2, -0.15) is 0 Å². The highest BCUT2D eigenvalue weighted by atomic mass is 16.6. The fourth-order valence-corrected chi connectivity index (χ4v) is 3.27. The first-order chi connectivity index (χ1) is 17.1. The zero-order valence-corrected chi connectivity index (χ0v) is 23.5. The minimum atomic E-state index is -0.972. The Morgan fingerprint density at radius 1 is 0.676 bits per heavy atom. The normalized spacial score (nSPS) is 14.8. The predicted molar refractivity (Wildman–Crippen MR) is 142 cm³/mol. The molecule has 0 unspecified atom stereocenters. The van der Waals surface area contributed by atoms with Crippen LogP contribution in [0, 0.1) is 30.6 Å². The van der Waals surface area contributed by atoms with Crippen LogP contribution in [0.1, 0.15) is 61.0 Å². The van der Waals surface area contributed by atoms with Crippen molar-refractivity contribution in [1.29, 1.82) is 0 Å².